The molecule has 0 saturated carbocycles. The molecule has 28 heavy (non-hydrogen) atoms. The molecule has 0 unspecified atom stereocenters. The molecule has 2 heterocycles. The zero-order chi connectivity index (χ0) is 19.7. The van der Waals surface area contributed by atoms with E-state index in [0.29, 0.717) is 34.9 Å². The van der Waals surface area contributed by atoms with Crippen molar-refractivity contribution in [1.82, 2.24) is 9.88 Å². The summed E-state index contributed by atoms with van der Waals surface area (Å²) in [4.78, 5) is 29.2. The standard InChI is InChI=1S/C21H20N2O5/c1-13(24)23(10-14-3-6-19-20(7-14)28-12-27-19)11-16-8-15-4-5-17(26-2)9-18(15)22-21(16)25/h3-9H,10-12H2,1-2H3,(H,22,25). The van der Waals surface area contributed by atoms with Gasteiger partial charge in [0.25, 0.3) is 5.56 Å². The minimum atomic E-state index is -0.224. The highest BCUT2D eigenvalue weighted by atomic mass is 16.7. The Balaban J connectivity index is 1.60. The van der Waals surface area contributed by atoms with Gasteiger partial charge in [-0.3, -0.25) is 9.59 Å². The van der Waals surface area contributed by atoms with E-state index in [-0.39, 0.29) is 24.8 Å². The number of aromatic nitrogens is 1. The molecule has 0 radical (unpaired) electrons. The molecule has 0 fully saturated rings. The van der Waals surface area contributed by atoms with Crippen molar-refractivity contribution in [2.75, 3.05) is 13.9 Å². The van der Waals surface area contributed by atoms with E-state index in [4.69, 9.17) is 14.2 Å². The van der Waals surface area contributed by atoms with Crippen LogP contribution in [0.2, 0.25) is 0 Å². The molecule has 1 aliphatic rings. The second-order valence-corrected chi connectivity index (χ2v) is 6.64. The Morgan fingerprint density at radius 3 is 2.71 bits per heavy atom. The van der Waals surface area contributed by atoms with Crippen LogP contribution in [0.4, 0.5) is 0 Å². The zero-order valence-electron chi connectivity index (χ0n) is 15.7. The second kappa shape index (κ2) is 7.26. The van der Waals surface area contributed by atoms with Crippen LogP contribution < -0.4 is 19.8 Å². The van der Waals surface area contributed by atoms with Gasteiger partial charge in [-0.1, -0.05) is 6.07 Å². The number of benzene rings is 2. The molecule has 1 aromatic heterocycles. The van der Waals surface area contributed by atoms with Gasteiger partial charge in [0.2, 0.25) is 12.7 Å². The van der Waals surface area contributed by atoms with Crippen molar-refractivity contribution in [1.29, 1.82) is 0 Å². The SMILES string of the molecule is COc1ccc2cc(CN(Cc3ccc4c(c3)OCO4)C(C)=O)c(=O)[nH]c2c1. The molecule has 0 aliphatic carbocycles. The number of aromatic amines is 1. The molecule has 4 rings (SSSR count). The number of nitrogens with one attached hydrogen (secondary N) is 1. The van der Waals surface area contributed by atoms with Crippen molar-refractivity contribution in [2.45, 2.75) is 20.0 Å². The topological polar surface area (TPSA) is 80.9 Å². The Hall–Kier alpha value is -3.48. The summed E-state index contributed by atoms with van der Waals surface area (Å²) in [5, 5.41) is 0.877. The molecule has 0 spiro atoms. The number of ether oxygens (including phenoxy) is 3. The lowest BCUT2D eigenvalue weighted by molar-refractivity contribution is -0.130. The van der Waals surface area contributed by atoms with E-state index in [0.717, 1.165) is 10.9 Å². The fourth-order valence-electron chi connectivity index (χ4n) is 3.21. The highest BCUT2D eigenvalue weighted by molar-refractivity contribution is 5.80. The number of rotatable bonds is 5. The van der Waals surface area contributed by atoms with E-state index in [1.165, 1.54) is 6.92 Å². The quantitative estimate of drug-likeness (QED) is 0.736. The number of hydrogen-bond donors (Lipinski definition) is 1. The summed E-state index contributed by atoms with van der Waals surface area (Å²) in [6.07, 6.45) is 0. The van der Waals surface area contributed by atoms with Crippen LogP contribution in [0.5, 0.6) is 17.2 Å². The molecule has 1 N–H and O–H groups in total. The van der Waals surface area contributed by atoms with Crippen molar-refractivity contribution < 1.29 is 19.0 Å². The van der Waals surface area contributed by atoms with E-state index < -0.39 is 0 Å². The maximum Gasteiger partial charge on any atom is 0.253 e. The molecule has 144 valence electrons. The summed E-state index contributed by atoms with van der Waals surface area (Å²) in [5.41, 5.74) is 1.89. The number of carbonyl (C=O) groups is 1. The molecule has 1 amide bonds. The van der Waals surface area contributed by atoms with Gasteiger partial charge in [0, 0.05) is 25.1 Å². The molecule has 3 aromatic rings. The lowest BCUT2D eigenvalue weighted by Gasteiger charge is -2.21. The van der Waals surface area contributed by atoms with Gasteiger partial charge in [-0.05, 0) is 41.3 Å². The van der Waals surface area contributed by atoms with Crippen LogP contribution in [0.25, 0.3) is 10.9 Å². The third kappa shape index (κ3) is 3.51. The average molecular weight is 380 g/mol. The summed E-state index contributed by atoms with van der Waals surface area (Å²) in [5.74, 6) is 1.91. The van der Waals surface area contributed by atoms with Gasteiger partial charge < -0.3 is 24.1 Å². The third-order valence-electron chi connectivity index (χ3n) is 4.75. The summed E-state index contributed by atoms with van der Waals surface area (Å²) in [6.45, 7) is 2.27. The van der Waals surface area contributed by atoms with Gasteiger partial charge in [-0.15, -0.1) is 0 Å². The largest absolute Gasteiger partial charge is 0.497 e. The highest BCUT2D eigenvalue weighted by Gasteiger charge is 2.17. The van der Waals surface area contributed by atoms with Gasteiger partial charge in [-0.25, -0.2) is 0 Å². The average Bonchev–Trinajstić information content (AvgIpc) is 3.15. The summed E-state index contributed by atoms with van der Waals surface area (Å²) < 4.78 is 15.9. The van der Waals surface area contributed by atoms with Crippen LogP contribution in [0.15, 0.2) is 47.3 Å². The van der Waals surface area contributed by atoms with Crippen molar-refractivity contribution in [3.05, 3.63) is 63.9 Å². The van der Waals surface area contributed by atoms with Crippen LogP contribution in [0.3, 0.4) is 0 Å². The fourth-order valence-corrected chi connectivity index (χ4v) is 3.21. The van der Waals surface area contributed by atoms with Gasteiger partial charge in [0.15, 0.2) is 11.5 Å². The number of nitrogens with zero attached hydrogens (tertiary/aromatic N) is 1. The Labute approximate surface area is 161 Å². The van der Waals surface area contributed by atoms with Crippen molar-refractivity contribution in [3.8, 4) is 17.2 Å². The smallest absolute Gasteiger partial charge is 0.253 e. The Bertz CT molecular complexity index is 1110. The minimum Gasteiger partial charge on any atom is -0.497 e. The van der Waals surface area contributed by atoms with Gasteiger partial charge in [0.1, 0.15) is 5.75 Å². The molecular weight excluding hydrogens is 360 g/mol. The van der Waals surface area contributed by atoms with Gasteiger partial charge in [0.05, 0.1) is 19.2 Å². The van der Waals surface area contributed by atoms with Gasteiger partial charge >= 0.3 is 0 Å². The number of fused-ring (bicyclic) bond motifs is 2. The molecule has 2 aromatic carbocycles. The van der Waals surface area contributed by atoms with E-state index in [1.54, 1.807) is 18.1 Å². The van der Waals surface area contributed by atoms with Crippen LogP contribution in [-0.4, -0.2) is 29.7 Å². The number of amides is 1. The molecule has 7 heteroatoms. The lowest BCUT2D eigenvalue weighted by atomic mass is 10.1. The Kier molecular flexibility index (Phi) is 4.65. The van der Waals surface area contributed by atoms with Gasteiger partial charge in [-0.2, -0.15) is 0 Å². The Morgan fingerprint density at radius 2 is 1.93 bits per heavy atom. The highest BCUT2D eigenvalue weighted by Crippen LogP contribution is 2.33. The molecule has 0 bridgehead atoms. The van der Waals surface area contributed by atoms with E-state index in [1.807, 2.05) is 36.4 Å². The molecule has 0 saturated heterocycles. The van der Waals surface area contributed by atoms with E-state index in [2.05, 4.69) is 4.98 Å². The number of H-pyrrole nitrogens is 1. The first-order valence-corrected chi connectivity index (χ1v) is 8.87. The predicted octanol–water partition coefficient (Wildman–Crippen LogP) is 2.81. The predicted molar refractivity (Wildman–Crippen MR) is 104 cm³/mol. The third-order valence-corrected chi connectivity index (χ3v) is 4.75. The molecule has 0 atom stereocenters. The summed E-state index contributed by atoms with van der Waals surface area (Å²) >= 11 is 0. The van der Waals surface area contributed by atoms with Crippen molar-refractivity contribution in [2.24, 2.45) is 0 Å². The van der Waals surface area contributed by atoms with Crippen molar-refractivity contribution >= 4 is 16.8 Å². The number of methoxy groups -OCH3 is 1. The molecule has 1 aliphatic heterocycles. The number of pyridine rings is 1. The first-order chi connectivity index (χ1) is 13.5. The molecule has 7 nitrogen and oxygen atoms in total. The van der Waals surface area contributed by atoms with Crippen LogP contribution >= 0.6 is 0 Å². The van der Waals surface area contributed by atoms with Crippen LogP contribution in [0, 0.1) is 0 Å². The maximum absolute atomic E-state index is 12.5. The lowest BCUT2D eigenvalue weighted by Crippen LogP contribution is -2.30. The van der Waals surface area contributed by atoms with E-state index >= 15 is 0 Å². The van der Waals surface area contributed by atoms with E-state index in [9.17, 15) is 9.59 Å². The van der Waals surface area contributed by atoms with Crippen molar-refractivity contribution in [3.63, 3.8) is 0 Å². The number of carbonyl (C=O) groups excluding carboxylic acids is 1. The first-order valence-electron chi connectivity index (χ1n) is 8.87. The molecular formula is C21H20N2O5. The summed E-state index contributed by atoms with van der Waals surface area (Å²) in [6, 6.07) is 12.9. The fraction of sp³-hybridized carbons (Fsp3) is 0.238. The summed E-state index contributed by atoms with van der Waals surface area (Å²) in [7, 11) is 1.58. The van der Waals surface area contributed by atoms with Crippen LogP contribution in [0.1, 0.15) is 18.1 Å². The normalized spacial score (nSPS) is 12.2. The van der Waals surface area contributed by atoms with Crippen LogP contribution in [-0.2, 0) is 17.9 Å². The maximum atomic E-state index is 12.5. The first kappa shape index (κ1) is 17.9. The Morgan fingerprint density at radius 1 is 1.11 bits per heavy atom. The minimum absolute atomic E-state index is 0.119. The second-order valence-electron chi connectivity index (χ2n) is 6.64. The number of hydrogen-bond acceptors (Lipinski definition) is 5. The monoisotopic (exact) mass is 380 g/mol. The zero-order valence-corrected chi connectivity index (χ0v) is 15.7.